The molecule has 1 aliphatic rings. The van der Waals surface area contributed by atoms with Crippen LogP contribution >= 0.6 is 0 Å². The topological polar surface area (TPSA) is 92.3 Å². The number of anilines is 2. The van der Waals surface area contributed by atoms with Crippen LogP contribution in [0.2, 0.25) is 0 Å². The van der Waals surface area contributed by atoms with Crippen molar-refractivity contribution in [1.82, 2.24) is 9.97 Å². The quantitative estimate of drug-likeness (QED) is 0.831. The van der Waals surface area contributed by atoms with E-state index in [2.05, 4.69) is 15.3 Å². The van der Waals surface area contributed by atoms with E-state index in [1.807, 2.05) is 11.8 Å². The number of aromatic nitrogens is 2. The Kier molecular flexibility index (Phi) is 5.36. The lowest BCUT2D eigenvalue weighted by molar-refractivity contribution is 0.102. The molecule has 0 radical (unpaired) electrons. The van der Waals surface area contributed by atoms with Crippen LogP contribution in [-0.2, 0) is 9.84 Å². The largest absolute Gasteiger partial charge is 0.352 e. The number of hydrogen-bond acceptors (Lipinski definition) is 6. The summed E-state index contributed by atoms with van der Waals surface area (Å²) < 4.78 is 50.6. The minimum atomic E-state index is -3.05. The monoisotopic (exact) mass is 396 g/mol. The number of carbonyl (C=O) groups excluding carboxylic acids is 1. The van der Waals surface area contributed by atoms with Gasteiger partial charge in [0.1, 0.15) is 28.8 Å². The van der Waals surface area contributed by atoms with Gasteiger partial charge in [0.25, 0.3) is 5.91 Å². The Labute approximate surface area is 155 Å². The van der Waals surface area contributed by atoms with Crippen molar-refractivity contribution in [3.8, 4) is 0 Å². The van der Waals surface area contributed by atoms with E-state index in [0.717, 1.165) is 12.1 Å². The standard InChI is InChI=1S/C17H18F2N4O3S/c1-2-23(11-6-7-27(25,26)10-11)15-9-20-14(8-21-15)17(24)22-16-12(18)4-3-5-13(16)19/h3-5,8-9,11H,2,6-7,10H2,1H3,(H,22,24). The summed E-state index contributed by atoms with van der Waals surface area (Å²) in [5.74, 6) is -1.97. The molecule has 27 heavy (non-hydrogen) atoms. The van der Waals surface area contributed by atoms with Crippen molar-refractivity contribution in [1.29, 1.82) is 0 Å². The number of hydrogen-bond donors (Lipinski definition) is 1. The summed E-state index contributed by atoms with van der Waals surface area (Å²) in [6.45, 7) is 2.40. The summed E-state index contributed by atoms with van der Waals surface area (Å²) >= 11 is 0. The van der Waals surface area contributed by atoms with Crippen LogP contribution in [0.3, 0.4) is 0 Å². The summed E-state index contributed by atoms with van der Waals surface area (Å²) in [6, 6.07) is 3.06. The van der Waals surface area contributed by atoms with Gasteiger partial charge in [-0.05, 0) is 25.5 Å². The first-order valence-corrected chi connectivity index (χ1v) is 10.2. The maximum absolute atomic E-state index is 13.6. The highest BCUT2D eigenvalue weighted by Gasteiger charge is 2.32. The molecule has 2 aromatic rings. The van der Waals surface area contributed by atoms with Crippen molar-refractivity contribution < 1.29 is 22.0 Å². The third-order valence-electron chi connectivity index (χ3n) is 4.36. The van der Waals surface area contributed by atoms with Crippen LogP contribution in [0, 0.1) is 11.6 Å². The van der Waals surface area contributed by atoms with E-state index in [-0.39, 0.29) is 23.2 Å². The first-order valence-electron chi connectivity index (χ1n) is 8.35. The molecule has 3 rings (SSSR count). The second kappa shape index (κ2) is 7.55. The lowest BCUT2D eigenvalue weighted by atomic mass is 10.2. The van der Waals surface area contributed by atoms with E-state index in [0.29, 0.717) is 18.8 Å². The van der Waals surface area contributed by atoms with Gasteiger partial charge in [0.15, 0.2) is 9.84 Å². The number of para-hydroxylation sites is 1. The second-order valence-corrected chi connectivity index (χ2v) is 8.38. The summed E-state index contributed by atoms with van der Waals surface area (Å²) in [5, 5.41) is 2.14. The van der Waals surface area contributed by atoms with Crippen molar-refractivity contribution in [2.24, 2.45) is 0 Å². The van der Waals surface area contributed by atoms with E-state index in [1.54, 1.807) is 0 Å². The van der Waals surface area contributed by atoms with Crippen molar-refractivity contribution in [2.75, 3.05) is 28.3 Å². The van der Waals surface area contributed by atoms with Gasteiger partial charge in [-0.2, -0.15) is 0 Å². The Morgan fingerprint density at radius 3 is 2.48 bits per heavy atom. The third kappa shape index (κ3) is 4.21. The van der Waals surface area contributed by atoms with Gasteiger partial charge >= 0.3 is 0 Å². The zero-order valence-electron chi connectivity index (χ0n) is 14.5. The molecule has 1 saturated heterocycles. The van der Waals surface area contributed by atoms with Gasteiger partial charge in [0.05, 0.1) is 23.9 Å². The van der Waals surface area contributed by atoms with Gasteiger partial charge in [-0.3, -0.25) is 4.79 Å². The zero-order valence-corrected chi connectivity index (χ0v) is 15.3. The Balaban J connectivity index is 1.75. The van der Waals surface area contributed by atoms with Gasteiger partial charge in [0.2, 0.25) is 0 Å². The molecule has 0 aliphatic carbocycles. The van der Waals surface area contributed by atoms with Crippen LogP contribution in [0.1, 0.15) is 23.8 Å². The molecule has 1 atom stereocenters. The first kappa shape index (κ1) is 19.2. The van der Waals surface area contributed by atoms with E-state index in [4.69, 9.17) is 0 Å². The molecule has 0 saturated carbocycles. The second-order valence-electron chi connectivity index (χ2n) is 6.15. The van der Waals surface area contributed by atoms with E-state index in [1.165, 1.54) is 18.5 Å². The Hall–Kier alpha value is -2.62. The molecule has 1 aromatic heterocycles. The number of rotatable bonds is 5. The maximum atomic E-state index is 13.6. The molecule has 0 spiro atoms. The highest BCUT2D eigenvalue weighted by molar-refractivity contribution is 7.91. The number of halogens is 2. The fourth-order valence-electron chi connectivity index (χ4n) is 3.01. The summed E-state index contributed by atoms with van der Waals surface area (Å²) in [6.07, 6.45) is 3.04. The summed E-state index contributed by atoms with van der Waals surface area (Å²) in [4.78, 5) is 22.2. The maximum Gasteiger partial charge on any atom is 0.276 e. The molecule has 7 nitrogen and oxygen atoms in total. The number of sulfone groups is 1. The minimum absolute atomic E-state index is 0.0529. The molecular weight excluding hydrogens is 378 g/mol. The normalized spacial score (nSPS) is 18.3. The number of benzene rings is 1. The van der Waals surface area contributed by atoms with E-state index < -0.39 is 33.1 Å². The molecule has 1 aliphatic heterocycles. The highest BCUT2D eigenvalue weighted by atomic mass is 32.2. The van der Waals surface area contributed by atoms with Crippen molar-refractivity contribution in [3.63, 3.8) is 0 Å². The summed E-state index contributed by atoms with van der Waals surface area (Å²) in [5.41, 5.74) is -0.670. The summed E-state index contributed by atoms with van der Waals surface area (Å²) in [7, 11) is -3.05. The van der Waals surface area contributed by atoms with Crippen molar-refractivity contribution in [3.05, 3.63) is 47.9 Å². The van der Waals surface area contributed by atoms with E-state index >= 15 is 0 Å². The van der Waals surface area contributed by atoms with Gasteiger partial charge in [-0.1, -0.05) is 6.07 Å². The Morgan fingerprint density at radius 1 is 1.26 bits per heavy atom. The van der Waals surface area contributed by atoms with Crippen LogP contribution in [0.4, 0.5) is 20.3 Å². The highest BCUT2D eigenvalue weighted by Crippen LogP contribution is 2.23. The third-order valence-corrected chi connectivity index (χ3v) is 6.11. The fraction of sp³-hybridized carbons (Fsp3) is 0.353. The SMILES string of the molecule is CCN(c1cnc(C(=O)Nc2c(F)cccc2F)cn1)C1CCS(=O)(=O)C1. The van der Waals surface area contributed by atoms with Crippen LogP contribution in [-0.4, -0.2) is 48.4 Å². The molecule has 1 N–H and O–H groups in total. The molecule has 1 unspecified atom stereocenters. The number of amides is 1. The van der Waals surface area contributed by atoms with E-state index in [9.17, 15) is 22.0 Å². The Bertz CT molecular complexity index is 931. The number of nitrogens with one attached hydrogen (secondary N) is 1. The predicted molar refractivity (Wildman–Crippen MR) is 96.4 cm³/mol. The molecule has 144 valence electrons. The Morgan fingerprint density at radius 2 is 1.96 bits per heavy atom. The van der Waals surface area contributed by atoms with Gasteiger partial charge in [-0.15, -0.1) is 0 Å². The molecule has 1 amide bonds. The first-order chi connectivity index (χ1) is 12.8. The van der Waals surface area contributed by atoms with Crippen LogP contribution < -0.4 is 10.2 Å². The minimum Gasteiger partial charge on any atom is -0.352 e. The van der Waals surface area contributed by atoms with Crippen molar-refractivity contribution in [2.45, 2.75) is 19.4 Å². The lowest BCUT2D eigenvalue weighted by Crippen LogP contribution is -2.36. The smallest absolute Gasteiger partial charge is 0.276 e. The lowest BCUT2D eigenvalue weighted by Gasteiger charge is -2.27. The molecule has 1 aromatic carbocycles. The fourth-order valence-corrected chi connectivity index (χ4v) is 4.74. The van der Waals surface area contributed by atoms with Gasteiger partial charge in [-0.25, -0.2) is 27.2 Å². The average molecular weight is 396 g/mol. The van der Waals surface area contributed by atoms with Gasteiger partial charge < -0.3 is 10.2 Å². The molecular formula is C17H18F2N4O3S. The van der Waals surface area contributed by atoms with Crippen LogP contribution in [0.25, 0.3) is 0 Å². The average Bonchev–Trinajstić information content (AvgIpc) is 2.99. The molecule has 2 heterocycles. The van der Waals surface area contributed by atoms with Gasteiger partial charge in [0, 0.05) is 12.6 Å². The van der Waals surface area contributed by atoms with Crippen LogP contribution in [0.15, 0.2) is 30.6 Å². The zero-order chi connectivity index (χ0) is 19.6. The molecule has 0 bridgehead atoms. The van der Waals surface area contributed by atoms with Crippen molar-refractivity contribution >= 4 is 27.2 Å². The molecule has 10 heteroatoms. The van der Waals surface area contributed by atoms with Crippen LogP contribution in [0.5, 0.6) is 0 Å². The predicted octanol–water partition coefficient (Wildman–Crippen LogP) is 2.02. The molecule has 1 fully saturated rings. The number of carbonyl (C=O) groups is 1. The number of nitrogens with zero attached hydrogens (tertiary/aromatic N) is 3.